The van der Waals surface area contributed by atoms with E-state index in [0.717, 1.165) is 0 Å². The standard InChI is InChI=1S/C70H40N4/c1-3-15-44(16-4-1)71-58-29-9-7-19-48(58)56-39-42(33-35-60(56)71)46-21-11-23-50-52-25-13-27-54-65-62(73(67(46)50)69(52)54)37-31-41-32-38-63-66(64(41)65)55-28-14-26-53-51-24-12-22-47(68(51)74(63)70(53)55)43-34-36-61-57(40-43)49-20-8-10-30-59(49)72(61)45-17-5-2-6-18-45/h1-40H. The molecule has 0 saturated carbocycles. The molecule has 0 bridgehead atoms. The van der Waals surface area contributed by atoms with Crippen molar-refractivity contribution in [3.8, 4) is 33.6 Å². The van der Waals surface area contributed by atoms with Crippen LogP contribution in [0.2, 0.25) is 0 Å². The maximum Gasteiger partial charge on any atom is 0.0620 e. The van der Waals surface area contributed by atoms with Crippen LogP contribution in [0.25, 0.3) is 164 Å². The molecule has 0 saturated heterocycles. The van der Waals surface area contributed by atoms with Crippen LogP contribution in [0.1, 0.15) is 0 Å². The zero-order valence-electron chi connectivity index (χ0n) is 39.9. The minimum absolute atomic E-state index is 1.17. The Balaban J connectivity index is 0.906. The Morgan fingerprint density at radius 2 is 0.581 bits per heavy atom. The summed E-state index contributed by atoms with van der Waals surface area (Å²) in [5.74, 6) is 0. The summed E-state index contributed by atoms with van der Waals surface area (Å²) in [7, 11) is 0. The normalized spacial score (nSPS) is 12.6. The van der Waals surface area contributed by atoms with E-state index in [9.17, 15) is 0 Å². The van der Waals surface area contributed by atoms with Crippen molar-refractivity contribution in [1.82, 2.24) is 17.9 Å². The van der Waals surface area contributed by atoms with E-state index in [2.05, 4.69) is 261 Å². The molecule has 0 aliphatic carbocycles. The summed E-state index contributed by atoms with van der Waals surface area (Å²) >= 11 is 0. The van der Waals surface area contributed by atoms with Crippen molar-refractivity contribution in [2.24, 2.45) is 0 Å². The van der Waals surface area contributed by atoms with Crippen LogP contribution in [0.15, 0.2) is 243 Å². The first-order chi connectivity index (χ1) is 36.8. The molecule has 0 unspecified atom stereocenters. The van der Waals surface area contributed by atoms with Crippen molar-refractivity contribution >= 4 is 131 Å². The molecule has 6 aromatic heterocycles. The molecule has 12 aromatic carbocycles. The molecule has 0 radical (unpaired) electrons. The second-order valence-corrected chi connectivity index (χ2v) is 20.3. The Hall–Kier alpha value is -9.90. The number of hydrogen-bond acceptors (Lipinski definition) is 0. The molecule has 6 heterocycles. The van der Waals surface area contributed by atoms with Gasteiger partial charge < -0.3 is 17.9 Å². The average Bonchev–Trinajstić information content (AvgIpc) is 4.34. The van der Waals surface area contributed by atoms with Crippen LogP contribution in [0, 0.1) is 0 Å². The molecule has 0 spiro atoms. The third-order valence-electron chi connectivity index (χ3n) is 16.8. The Labute approximate surface area is 422 Å². The fourth-order valence-corrected chi connectivity index (χ4v) is 13.9. The number of fused-ring (bicyclic) bond motifs is 21. The van der Waals surface area contributed by atoms with E-state index < -0.39 is 0 Å². The maximum absolute atomic E-state index is 2.59. The molecule has 74 heavy (non-hydrogen) atoms. The van der Waals surface area contributed by atoms with Crippen LogP contribution in [0.4, 0.5) is 0 Å². The van der Waals surface area contributed by atoms with Crippen molar-refractivity contribution in [3.63, 3.8) is 0 Å². The Morgan fingerprint density at radius 3 is 1.05 bits per heavy atom. The van der Waals surface area contributed by atoms with E-state index >= 15 is 0 Å². The summed E-state index contributed by atoms with van der Waals surface area (Å²) in [5, 5.41) is 17.9. The summed E-state index contributed by atoms with van der Waals surface area (Å²) in [6.07, 6.45) is 0. The van der Waals surface area contributed by atoms with Gasteiger partial charge in [0.2, 0.25) is 0 Å². The molecule has 4 nitrogen and oxygen atoms in total. The monoisotopic (exact) mass is 936 g/mol. The van der Waals surface area contributed by atoms with Gasteiger partial charge in [0.15, 0.2) is 0 Å². The van der Waals surface area contributed by atoms with Gasteiger partial charge >= 0.3 is 0 Å². The van der Waals surface area contributed by atoms with E-state index in [-0.39, 0.29) is 0 Å². The molecule has 18 aromatic rings. The predicted molar refractivity (Wildman–Crippen MR) is 313 cm³/mol. The highest BCUT2D eigenvalue weighted by molar-refractivity contribution is 6.38. The van der Waals surface area contributed by atoms with Crippen molar-refractivity contribution < 1.29 is 0 Å². The lowest BCUT2D eigenvalue weighted by Crippen LogP contribution is -1.93. The lowest BCUT2D eigenvalue weighted by atomic mass is 9.96. The molecule has 0 aliphatic rings. The van der Waals surface area contributed by atoms with Gasteiger partial charge in [0, 0.05) is 92.5 Å². The number of para-hydroxylation sites is 8. The fraction of sp³-hybridized carbons (Fsp3) is 0. The van der Waals surface area contributed by atoms with Crippen LogP contribution in [-0.2, 0) is 0 Å². The van der Waals surface area contributed by atoms with Gasteiger partial charge in [-0.25, -0.2) is 0 Å². The quantitative estimate of drug-likeness (QED) is 0.167. The van der Waals surface area contributed by atoms with Crippen LogP contribution < -0.4 is 0 Å². The molecule has 0 N–H and O–H groups in total. The van der Waals surface area contributed by atoms with Gasteiger partial charge in [-0.15, -0.1) is 0 Å². The molecule has 0 aliphatic heterocycles. The van der Waals surface area contributed by atoms with Crippen LogP contribution in [-0.4, -0.2) is 17.9 Å². The number of nitrogens with zero attached hydrogens (tertiary/aromatic N) is 4. The average molecular weight is 937 g/mol. The van der Waals surface area contributed by atoms with Gasteiger partial charge in [-0.3, -0.25) is 0 Å². The lowest BCUT2D eigenvalue weighted by Gasteiger charge is -2.10. The highest BCUT2D eigenvalue weighted by atomic mass is 15.0. The molecule has 18 rings (SSSR count). The smallest absolute Gasteiger partial charge is 0.0620 e. The maximum atomic E-state index is 2.59. The number of hydrogen-bond donors (Lipinski definition) is 0. The van der Waals surface area contributed by atoms with Crippen LogP contribution in [0.5, 0.6) is 0 Å². The number of benzene rings is 12. The third kappa shape index (κ3) is 4.79. The van der Waals surface area contributed by atoms with Crippen LogP contribution >= 0.6 is 0 Å². The Morgan fingerprint density at radius 1 is 0.216 bits per heavy atom. The first-order valence-corrected chi connectivity index (χ1v) is 25.7. The summed E-state index contributed by atoms with van der Waals surface area (Å²) in [5.41, 5.74) is 19.6. The second kappa shape index (κ2) is 13.9. The number of aromatic nitrogens is 4. The van der Waals surface area contributed by atoms with Gasteiger partial charge in [0.05, 0.1) is 55.2 Å². The molecule has 4 heteroatoms. The molecular formula is C70H40N4. The first kappa shape index (κ1) is 38.8. The minimum atomic E-state index is 1.17. The van der Waals surface area contributed by atoms with E-state index in [0.29, 0.717) is 0 Å². The van der Waals surface area contributed by atoms with Crippen LogP contribution in [0.3, 0.4) is 0 Å². The topological polar surface area (TPSA) is 18.7 Å². The molecule has 0 fully saturated rings. The van der Waals surface area contributed by atoms with E-state index in [1.807, 2.05) is 0 Å². The predicted octanol–water partition coefficient (Wildman–Crippen LogP) is 18.7. The Kier molecular flexibility index (Phi) is 7.31. The van der Waals surface area contributed by atoms with Gasteiger partial charge in [-0.05, 0) is 89.3 Å². The fourth-order valence-electron chi connectivity index (χ4n) is 13.9. The van der Waals surface area contributed by atoms with E-state index in [1.54, 1.807) is 0 Å². The summed E-state index contributed by atoms with van der Waals surface area (Å²) in [4.78, 5) is 0. The minimum Gasteiger partial charge on any atom is -0.309 e. The zero-order chi connectivity index (χ0) is 47.9. The van der Waals surface area contributed by atoms with Crippen molar-refractivity contribution in [3.05, 3.63) is 243 Å². The first-order valence-electron chi connectivity index (χ1n) is 25.7. The SMILES string of the molecule is c1ccc(-n2c3ccccc3c3cc(-c4cccc5c6cccc7c8c9c(ccc8n(c45)c67)ccc4c9c5cccc6c7cccc(-c8ccc9c(c8)c8ccccc8n9-c8ccccc8)c7n4c65)ccc32)cc1. The van der Waals surface area contributed by atoms with Gasteiger partial charge in [-0.2, -0.15) is 0 Å². The molecule has 340 valence electrons. The highest BCUT2D eigenvalue weighted by Crippen LogP contribution is 2.50. The van der Waals surface area contributed by atoms with Gasteiger partial charge in [0.1, 0.15) is 0 Å². The molecule has 0 amide bonds. The summed E-state index contributed by atoms with van der Waals surface area (Å²) < 4.78 is 9.99. The highest BCUT2D eigenvalue weighted by Gasteiger charge is 2.26. The van der Waals surface area contributed by atoms with Gasteiger partial charge in [0.25, 0.3) is 0 Å². The molecular weight excluding hydrogens is 897 g/mol. The Bertz CT molecular complexity index is 5080. The second-order valence-electron chi connectivity index (χ2n) is 20.3. The van der Waals surface area contributed by atoms with Crippen molar-refractivity contribution in [2.45, 2.75) is 0 Å². The van der Waals surface area contributed by atoms with Crippen molar-refractivity contribution in [2.75, 3.05) is 0 Å². The largest absolute Gasteiger partial charge is 0.309 e. The third-order valence-corrected chi connectivity index (χ3v) is 16.8. The van der Waals surface area contributed by atoms with E-state index in [1.165, 1.54) is 164 Å². The summed E-state index contributed by atoms with van der Waals surface area (Å²) in [6, 6.07) is 90.5. The zero-order valence-corrected chi connectivity index (χ0v) is 39.9. The summed E-state index contributed by atoms with van der Waals surface area (Å²) in [6.45, 7) is 0. The van der Waals surface area contributed by atoms with Gasteiger partial charge in [-0.1, -0.05) is 170 Å². The lowest BCUT2D eigenvalue weighted by molar-refractivity contribution is 1.18. The molecule has 0 atom stereocenters. The van der Waals surface area contributed by atoms with E-state index in [4.69, 9.17) is 0 Å². The number of rotatable bonds is 4. The van der Waals surface area contributed by atoms with Crippen molar-refractivity contribution in [1.29, 1.82) is 0 Å².